The first-order valence-electron chi connectivity index (χ1n) is 9.38. The smallest absolute Gasteiger partial charge is 0.255 e. The van der Waals surface area contributed by atoms with E-state index in [-0.39, 0.29) is 11.4 Å². The number of rotatable bonds is 8. The summed E-state index contributed by atoms with van der Waals surface area (Å²) in [5, 5.41) is 14.3. The SMILES string of the molecule is CCC1(NCC2(O)CCCN(CCCc3ccccc3)C2=O)CC1. The van der Waals surface area contributed by atoms with Gasteiger partial charge in [-0.1, -0.05) is 37.3 Å². The first-order valence-corrected chi connectivity index (χ1v) is 9.38. The van der Waals surface area contributed by atoms with Crippen LogP contribution < -0.4 is 5.32 Å². The van der Waals surface area contributed by atoms with Crippen molar-refractivity contribution in [1.82, 2.24) is 10.2 Å². The highest BCUT2D eigenvalue weighted by Crippen LogP contribution is 2.39. The Morgan fingerprint density at radius 2 is 1.96 bits per heavy atom. The van der Waals surface area contributed by atoms with Crippen molar-refractivity contribution in [1.29, 1.82) is 0 Å². The lowest BCUT2D eigenvalue weighted by atomic mass is 9.91. The molecule has 3 rings (SSSR count). The molecule has 2 fully saturated rings. The van der Waals surface area contributed by atoms with Crippen LogP contribution in [0.25, 0.3) is 0 Å². The van der Waals surface area contributed by atoms with E-state index in [4.69, 9.17) is 0 Å². The summed E-state index contributed by atoms with van der Waals surface area (Å²) in [6.07, 6.45) is 6.77. The van der Waals surface area contributed by atoms with E-state index in [0.717, 1.165) is 51.6 Å². The van der Waals surface area contributed by atoms with E-state index in [2.05, 4.69) is 24.4 Å². The molecule has 0 spiro atoms. The molecule has 2 N–H and O–H groups in total. The number of likely N-dealkylation sites (tertiary alicyclic amines) is 1. The predicted octanol–water partition coefficient (Wildman–Crippen LogP) is 2.50. The number of β-amino-alcohol motifs (C(OH)–C–C–N with tert-alkyl or cyclic N) is 1. The molecule has 4 heteroatoms. The Morgan fingerprint density at radius 3 is 2.62 bits per heavy atom. The van der Waals surface area contributed by atoms with Gasteiger partial charge >= 0.3 is 0 Å². The van der Waals surface area contributed by atoms with Gasteiger partial charge in [-0.2, -0.15) is 0 Å². The molecule has 1 atom stereocenters. The number of benzene rings is 1. The van der Waals surface area contributed by atoms with Crippen LogP contribution in [0.2, 0.25) is 0 Å². The summed E-state index contributed by atoms with van der Waals surface area (Å²) in [5.41, 5.74) is 0.277. The summed E-state index contributed by atoms with van der Waals surface area (Å²) in [7, 11) is 0. The van der Waals surface area contributed by atoms with Crippen molar-refractivity contribution in [3.05, 3.63) is 35.9 Å². The normalized spacial score (nSPS) is 25.8. The van der Waals surface area contributed by atoms with E-state index >= 15 is 0 Å². The van der Waals surface area contributed by atoms with Crippen molar-refractivity contribution < 1.29 is 9.90 Å². The van der Waals surface area contributed by atoms with Crippen molar-refractivity contribution in [2.75, 3.05) is 19.6 Å². The van der Waals surface area contributed by atoms with Gasteiger partial charge in [-0.05, 0) is 50.5 Å². The lowest BCUT2D eigenvalue weighted by Gasteiger charge is -2.39. The van der Waals surface area contributed by atoms with Crippen LogP contribution in [0.1, 0.15) is 51.0 Å². The summed E-state index contributed by atoms with van der Waals surface area (Å²) < 4.78 is 0. The largest absolute Gasteiger partial charge is 0.379 e. The predicted molar refractivity (Wildman–Crippen MR) is 95.8 cm³/mol. The van der Waals surface area contributed by atoms with Crippen LogP contribution >= 0.6 is 0 Å². The molecule has 0 radical (unpaired) electrons. The van der Waals surface area contributed by atoms with Gasteiger partial charge in [0.25, 0.3) is 5.91 Å². The highest BCUT2D eigenvalue weighted by molar-refractivity contribution is 5.86. The highest BCUT2D eigenvalue weighted by Gasteiger charge is 2.46. The van der Waals surface area contributed by atoms with E-state index in [1.165, 1.54) is 5.56 Å². The van der Waals surface area contributed by atoms with Crippen molar-refractivity contribution in [3.63, 3.8) is 0 Å². The zero-order valence-electron chi connectivity index (χ0n) is 14.8. The van der Waals surface area contributed by atoms with Gasteiger partial charge in [-0.15, -0.1) is 0 Å². The van der Waals surface area contributed by atoms with Crippen molar-refractivity contribution in [2.45, 2.75) is 63.0 Å². The second-order valence-electron chi connectivity index (χ2n) is 7.50. The van der Waals surface area contributed by atoms with Crippen LogP contribution in [-0.2, 0) is 11.2 Å². The Bertz CT molecular complexity index is 556. The summed E-state index contributed by atoms with van der Waals surface area (Å²) in [6.45, 7) is 4.07. The molecule has 1 aromatic carbocycles. The topological polar surface area (TPSA) is 52.6 Å². The molecule has 24 heavy (non-hydrogen) atoms. The van der Waals surface area contributed by atoms with Gasteiger partial charge in [-0.25, -0.2) is 0 Å². The Hall–Kier alpha value is -1.39. The summed E-state index contributed by atoms with van der Waals surface area (Å²) in [4.78, 5) is 14.6. The van der Waals surface area contributed by atoms with Gasteiger partial charge in [0.1, 0.15) is 0 Å². The van der Waals surface area contributed by atoms with Gasteiger partial charge in [-0.3, -0.25) is 4.79 Å². The van der Waals surface area contributed by atoms with Gasteiger partial charge in [0, 0.05) is 25.2 Å². The Kier molecular flexibility index (Phi) is 5.26. The molecule has 1 aromatic rings. The molecule has 4 nitrogen and oxygen atoms in total. The number of amides is 1. The van der Waals surface area contributed by atoms with Crippen LogP contribution in [0.15, 0.2) is 30.3 Å². The van der Waals surface area contributed by atoms with Crippen LogP contribution in [0.3, 0.4) is 0 Å². The average molecular weight is 330 g/mol. The van der Waals surface area contributed by atoms with Gasteiger partial charge < -0.3 is 15.3 Å². The van der Waals surface area contributed by atoms with Gasteiger partial charge in [0.05, 0.1) is 0 Å². The molecule has 0 aromatic heterocycles. The first-order chi connectivity index (χ1) is 11.6. The zero-order valence-corrected chi connectivity index (χ0v) is 14.8. The summed E-state index contributed by atoms with van der Waals surface area (Å²) >= 11 is 0. The molecular formula is C20H30N2O2. The van der Waals surface area contributed by atoms with E-state index in [0.29, 0.717) is 13.0 Å². The number of hydrogen-bond donors (Lipinski definition) is 2. The molecular weight excluding hydrogens is 300 g/mol. The molecule has 1 unspecified atom stereocenters. The van der Waals surface area contributed by atoms with Crippen molar-refractivity contribution in [3.8, 4) is 0 Å². The van der Waals surface area contributed by atoms with Crippen molar-refractivity contribution in [2.24, 2.45) is 0 Å². The lowest BCUT2D eigenvalue weighted by molar-refractivity contribution is -0.156. The molecule has 1 aliphatic heterocycles. The molecule has 1 heterocycles. The molecule has 1 aliphatic carbocycles. The summed E-state index contributed by atoms with van der Waals surface area (Å²) in [6, 6.07) is 10.4. The Balaban J connectivity index is 1.50. The van der Waals surface area contributed by atoms with Gasteiger partial charge in [0.15, 0.2) is 5.60 Å². The van der Waals surface area contributed by atoms with Crippen LogP contribution in [0.4, 0.5) is 0 Å². The summed E-state index contributed by atoms with van der Waals surface area (Å²) in [5.74, 6) is -0.0822. The fourth-order valence-corrected chi connectivity index (χ4v) is 3.70. The standard InChI is InChI=1S/C20H30N2O2/c1-2-19(12-13-19)21-16-20(24)11-7-15-22(18(20)23)14-6-10-17-8-4-3-5-9-17/h3-5,8-9,21,24H,2,6-7,10-16H2,1H3. The number of hydrogen-bond acceptors (Lipinski definition) is 3. The molecule has 0 bridgehead atoms. The molecule has 2 aliphatic rings. The fraction of sp³-hybridized carbons (Fsp3) is 0.650. The van der Waals surface area contributed by atoms with Crippen LogP contribution in [-0.4, -0.2) is 46.7 Å². The minimum atomic E-state index is -1.21. The number of aryl methyl sites for hydroxylation is 1. The Labute approximate surface area is 145 Å². The van der Waals surface area contributed by atoms with Crippen LogP contribution in [0, 0.1) is 0 Å². The third kappa shape index (κ3) is 3.98. The average Bonchev–Trinajstić information content (AvgIpc) is 3.39. The zero-order chi connectivity index (χ0) is 17.0. The number of carbonyl (C=O) groups is 1. The van der Waals surface area contributed by atoms with E-state index in [9.17, 15) is 9.90 Å². The van der Waals surface area contributed by atoms with Crippen molar-refractivity contribution >= 4 is 5.91 Å². The van der Waals surface area contributed by atoms with E-state index in [1.807, 2.05) is 23.1 Å². The number of piperidine rings is 1. The molecule has 1 saturated carbocycles. The third-order valence-corrected chi connectivity index (χ3v) is 5.73. The molecule has 132 valence electrons. The Morgan fingerprint density at radius 1 is 1.21 bits per heavy atom. The van der Waals surface area contributed by atoms with E-state index in [1.54, 1.807) is 0 Å². The lowest BCUT2D eigenvalue weighted by Crippen LogP contribution is -2.59. The highest BCUT2D eigenvalue weighted by atomic mass is 16.3. The van der Waals surface area contributed by atoms with E-state index < -0.39 is 5.60 Å². The monoisotopic (exact) mass is 330 g/mol. The minimum absolute atomic E-state index is 0.0822. The second-order valence-corrected chi connectivity index (χ2v) is 7.50. The van der Waals surface area contributed by atoms with Crippen LogP contribution in [0.5, 0.6) is 0 Å². The second kappa shape index (κ2) is 7.24. The molecule has 1 saturated heterocycles. The number of carbonyl (C=O) groups excluding carboxylic acids is 1. The molecule has 1 amide bonds. The maximum absolute atomic E-state index is 12.8. The third-order valence-electron chi connectivity index (χ3n) is 5.73. The van der Waals surface area contributed by atoms with Gasteiger partial charge in [0.2, 0.25) is 0 Å². The minimum Gasteiger partial charge on any atom is -0.379 e. The first kappa shape index (κ1) is 17.4. The number of nitrogens with one attached hydrogen (secondary N) is 1. The fourth-order valence-electron chi connectivity index (χ4n) is 3.70. The quantitative estimate of drug-likeness (QED) is 0.770. The number of nitrogens with zero attached hydrogens (tertiary/aromatic N) is 1. The maximum atomic E-state index is 12.8. The maximum Gasteiger partial charge on any atom is 0.255 e. The number of aliphatic hydroxyl groups is 1.